The Morgan fingerprint density at radius 3 is 2.49 bits per heavy atom. The minimum absolute atomic E-state index is 0.0877. The summed E-state index contributed by atoms with van der Waals surface area (Å²) in [5.41, 5.74) is 2.05. The first kappa shape index (κ1) is 26.7. The molecule has 1 aromatic heterocycles. The van der Waals surface area contributed by atoms with Crippen LogP contribution in [-0.4, -0.2) is 46.8 Å². The van der Waals surface area contributed by atoms with Crippen LogP contribution in [0.15, 0.2) is 24.3 Å². The number of ether oxygens (including phenoxy) is 2. The van der Waals surface area contributed by atoms with E-state index in [1.54, 1.807) is 0 Å². The molecule has 1 amide bonds. The van der Waals surface area contributed by atoms with Gasteiger partial charge in [-0.05, 0) is 58.2 Å². The molecule has 3 rings (SSSR count). The Morgan fingerprint density at radius 2 is 1.86 bits per heavy atom. The number of esters is 1. The van der Waals surface area contributed by atoms with E-state index in [9.17, 15) is 9.59 Å². The van der Waals surface area contributed by atoms with Crippen molar-refractivity contribution >= 4 is 45.4 Å². The van der Waals surface area contributed by atoms with E-state index < -0.39 is 17.7 Å². The summed E-state index contributed by atoms with van der Waals surface area (Å²) in [6.07, 6.45) is 3.24. The number of benzene rings is 1. The van der Waals surface area contributed by atoms with Crippen molar-refractivity contribution < 1.29 is 19.1 Å². The first-order chi connectivity index (χ1) is 16.6. The third-order valence-electron chi connectivity index (χ3n) is 5.56. The highest BCUT2D eigenvalue weighted by Crippen LogP contribution is 2.28. The summed E-state index contributed by atoms with van der Waals surface area (Å²) in [7, 11) is 1.33. The summed E-state index contributed by atoms with van der Waals surface area (Å²) in [6, 6.07) is 7.56. The number of nitrogens with one attached hydrogen (secondary N) is 3. The largest absolute Gasteiger partial charge is 0.465 e. The SMILES string of the molecule is COC(=O)c1c(CBr)nc(N[C@@H]2CCCC[C@@H]2NC(=O)OC(C)(C)C)nc1Nc1cccc(C)c1. The molecule has 35 heavy (non-hydrogen) atoms. The molecule has 2 atom stereocenters. The smallest absolute Gasteiger partial charge is 0.407 e. The van der Waals surface area contributed by atoms with Crippen LogP contribution in [0, 0.1) is 6.92 Å². The van der Waals surface area contributed by atoms with Crippen LogP contribution in [0.2, 0.25) is 0 Å². The Balaban J connectivity index is 1.90. The van der Waals surface area contributed by atoms with E-state index >= 15 is 0 Å². The molecular weight excluding hydrogens is 514 g/mol. The number of halogens is 1. The minimum Gasteiger partial charge on any atom is -0.465 e. The van der Waals surface area contributed by atoms with Gasteiger partial charge in [0.25, 0.3) is 0 Å². The van der Waals surface area contributed by atoms with Gasteiger partial charge in [0.2, 0.25) is 5.95 Å². The summed E-state index contributed by atoms with van der Waals surface area (Å²) >= 11 is 3.44. The zero-order chi connectivity index (χ0) is 25.6. The molecule has 3 N–H and O–H groups in total. The second-order valence-electron chi connectivity index (χ2n) is 9.63. The highest BCUT2D eigenvalue weighted by molar-refractivity contribution is 9.08. The lowest BCUT2D eigenvalue weighted by Gasteiger charge is -2.33. The Hall–Kier alpha value is -2.88. The Kier molecular flexibility index (Phi) is 8.93. The number of anilines is 3. The van der Waals surface area contributed by atoms with Crippen molar-refractivity contribution in [3.05, 3.63) is 41.1 Å². The number of carbonyl (C=O) groups excluding carboxylic acids is 2. The van der Waals surface area contributed by atoms with Crippen LogP contribution in [0.4, 0.5) is 22.2 Å². The normalized spacial score (nSPS) is 17.9. The first-order valence-corrected chi connectivity index (χ1v) is 12.9. The van der Waals surface area contributed by atoms with Gasteiger partial charge in [-0.25, -0.2) is 14.6 Å². The van der Waals surface area contributed by atoms with Crippen LogP contribution in [0.25, 0.3) is 0 Å². The van der Waals surface area contributed by atoms with Crippen molar-refractivity contribution in [2.24, 2.45) is 0 Å². The van der Waals surface area contributed by atoms with Gasteiger partial charge in [0.15, 0.2) is 5.82 Å². The van der Waals surface area contributed by atoms with Gasteiger partial charge in [0, 0.05) is 17.1 Å². The number of alkyl halides is 1. The molecule has 1 aromatic carbocycles. The maximum absolute atomic E-state index is 12.6. The first-order valence-electron chi connectivity index (χ1n) is 11.7. The van der Waals surface area contributed by atoms with Gasteiger partial charge in [0.05, 0.1) is 18.8 Å². The fraction of sp³-hybridized carbons (Fsp3) is 0.520. The predicted molar refractivity (Wildman–Crippen MR) is 140 cm³/mol. The standard InChI is InChI=1S/C25H34BrN5O4/c1-15-9-8-10-16(13-15)27-21-20(22(32)34-5)19(14-26)29-23(31-21)28-17-11-6-7-12-18(17)30-24(33)35-25(2,3)4/h8-10,13,17-18H,6-7,11-12,14H2,1-5H3,(H,30,33)(H2,27,28,29,31)/t17-,18+/m1/s1. The summed E-state index contributed by atoms with van der Waals surface area (Å²) in [5.74, 6) is 0.190. The van der Waals surface area contributed by atoms with Gasteiger partial charge < -0.3 is 25.4 Å². The van der Waals surface area contributed by atoms with Gasteiger partial charge in [0.1, 0.15) is 11.2 Å². The van der Waals surface area contributed by atoms with E-state index in [0.717, 1.165) is 36.9 Å². The van der Waals surface area contributed by atoms with Crippen molar-refractivity contribution in [1.29, 1.82) is 0 Å². The molecule has 0 bridgehead atoms. The van der Waals surface area contributed by atoms with Crippen molar-refractivity contribution in [3.63, 3.8) is 0 Å². The number of aryl methyl sites for hydroxylation is 1. The lowest BCUT2D eigenvalue weighted by molar-refractivity contribution is 0.0487. The maximum atomic E-state index is 12.6. The number of hydrogen-bond acceptors (Lipinski definition) is 8. The van der Waals surface area contributed by atoms with Crippen LogP contribution in [0.1, 0.15) is 68.1 Å². The van der Waals surface area contributed by atoms with Gasteiger partial charge in [-0.1, -0.05) is 40.9 Å². The van der Waals surface area contributed by atoms with Crippen LogP contribution < -0.4 is 16.0 Å². The van der Waals surface area contributed by atoms with Crippen LogP contribution >= 0.6 is 15.9 Å². The second-order valence-corrected chi connectivity index (χ2v) is 10.2. The third kappa shape index (κ3) is 7.55. The van der Waals surface area contributed by atoms with Crippen molar-refractivity contribution in [3.8, 4) is 0 Å². The fourth-order valence-electron chi connectivity index (χ4n) is 4.04. The monoisotopic (exact) mass is 547 g/mol. The van der Waals surface area contributed by atoms with Crippen LogP contribution in [0.3, 0.4) is 0 Å². The highest BCUT2D eigenvalue weighted by Gasteiger charge is 2.30. The zero-order valence-corrected chi connectivity index (χ0v) is 22.5. The quantitative estimate of drug-likeness (QED) is 0.309. The number of amides is 1. The van der Waals surface area contributed by atoms with Gasteiger partial charge in [-0.2, -0.15) is 4.98 Å². The predicted octanol–water partition coefficient (Wildman–Crippen LogP) is 5.46. The van der Waals surface area contributed by atoms with Gasteiger partial charge >= 0.3 is 12.1 Å². The lowest BCUT2D eigenvalue weighted by Crippen LogP contribution is -2.50. The average molecular weight is 548 g/mol. The lowest BCUT2D eigenvalue weighted by atomic mass is 9.90. The summed E-state index contributed by atoms with van der Waals surface area (Å²) < 4.78 is 10.5. The average Bonchev–Trinajstić information content (AvgIpc) is 2.78. The molecule has 1 aliphatic rings. The highest BCUT2D eigenvalue weighted by atomic mass is 79.9. The number of methoxy groups -OCH3 is 1. The van der Waals surface area contributed by atoms with Gasteiger partial charge in [-0.15, -0.1) is 0 Å². The molecule has 2 aromatic rings. The summed E-state index contributed by atoms with van der Waals surface area (Å²) in [6.45, 7) is 7.50. The molecule has 0 spiro atoms. The maximum Gasteiger partial charge on any atom is 0.407 e. The number of carbonyl (C=O) groups is 2. The second kappa shape index (κ2) is 11.7. The summed E-state index contributed by atoms with van der Waals surface area (Å²) in [4.78, 5) is 34.3. The molecule has 1 aliphatic carbocycles. The number of aromatic nitrogens is 2. The fourth-order valence-corrected chi connectivity index (χ4v) is 4.44. The zero-order valence-electron chi connectivity index (χ0n) is 20.9. The van der Waals surface area contributed by atoms with E-state index in [0.29, 0.717) is 22.8 Å². The Labute approximate surface area is 214 Å². The topological polar surface area (TPSA) is 114 Å². The minimum atomic E-state index is -0.574. The van der Waals surface area contributed by atoms with E-state index in [4.69, 9.17) is 9.47 Å². The molecule has 1 fully saturated rings. The van der Waals surface area contributed by atoms with E-state index in [-0.39, 0.29) is 17.6 Å². The van der Waals surface area contributed by atoms with Crippen molar-refractivity contribution in [1.82, 2.24) is 15.3 Å². The number of hydrogen-bond donors (Lipinski definition) is 3. The molecule has 0 unspecified atom stereocenters. The van der Waals surface area contributed by atoms with E-state index in [1.807, 2.05) is 52.0 Å². The molecular formula is C25H34BrN5O4. The van der Waals surface area contributed by atoms with Crippen LogP contribution in [0.5, 0.6) is 0 Å². The molecule has 9 nitrogen and oxygen atoms in total. The Bertz CT molecular complexity index is 1060. The van der Waals surface area contributed by atoms with E-state index in [2.05, 4.69) is 41.8 Å². The van der Waals surface area contributed by atoms with Crippen molar-refractivity contribution in [2.45, 2.75) is 76.4 Å². The number of nitrogens with zero attached hydrogens (tertiary/aromatic N) is 2. The number of alkyl carbamates (subject to hydrolysis) is 1. The Morgan fingerprint density at radius 1 is 1.14 bits per heavy atom. The van der Waals surface area contributed by atoms with Gasteiger partial charge in [-0.3, -0.25) is 0 Å². The van der Waals surface area contributed by atoms with Crippen molar-refractivity contribution in [2.75, 3.05) is 17.7 Å². The molecule has 0 aliphatic heterocycles. The molecule has 10 heteroatoms. The molecule has 0 saturated heterocycles. The molecule has 1 saturated carbocycles. The summed E-state index contributed by atoms with van der Waals surface area (Å²) in [5, 5.41) is 9.97. The molecule has 0 radical (unpaired) electrons. The van der Waals surface area contributed by atoms with E-state index in [1.165, 1.54) is 7.11 Å². The number of rotatable bonds is 7. The van der Waals surface area contributed by atoms with Crippen LogP contribution in [-0.2, 0) is 14.8 Å². The third-order valence-corrected chi connectivity index (χ3v) is 6.09. The molecule has 190 valence electrons. The molecule has 1 heterocycles.